The maximum atomic E-state index is 13.4. The van der Waals surface area contributed by atoms with Crippen LogP contribution in [-0.2, 0) is 6.54 Å². The minimum Gasteiger partial charge on any atom is -0.332 e. The normalized spacial score (nSPS) is 10.4. The largest absolute Gasteiger partial charge is 0.332 e. The van der Waals surface area contributed by atoms with Crippen molar-refractivity contribution < 1.29 is 9.18 Å². The van der Waals surface area contributed by atoms with Crippen molar-refractivity contribution in [2.75, 3.05) is 0 Å². The SMILES string of the molecule is O=C(NCc1ncccc1-c1cncc(F)c1)NSc1ccccc1Cl. The lowest BCUT2D eigenvalue weighted by Crippen LogP contribution is -2.31. The minimum atomic E-state index is -0.431. The highest BCUT2D eigenvalue weighted by molar-refractivity contribution is 7.98. The standard InChI is InChI=1S/C18H14ClFN4OS/c19-15-5-1-2-6-17(15)26-24-18(25)23-11-16-14(4-3-7-22-16)12-8-13(20)10-21-9-12/h1-10H,11H2,(H2,23,24,25). The Morgan fingerprint density at radius 1 is 1.19 bits per heavy atom. The molecule has 0 unspecified atom stereocenters. The fourth-order valence-corrected chi connectivity index (χ4v) is 3.07. The number of aromatic nitrogens is 2. The summed E-state index contributed by atoms with van der Waals surface area (Å²) in [6, 6.07) is 11.7. The quantitative estimate of drug-likeness (QED) is 0.634. The highest BCUT2D eigenvalue weighted by Crippen LogP contribution is 2.24. The maximum Gasteiger partial charge on any atom is 0.325 e. The van der Waals surface area contributed by atoms with Crippen molar-refractivity contribution in [1.82, 2.24) is 20.0 Å². The van der Waals surface area contributed by atoms with Crippen LogP contribution in [0.15, 0.2) is 66.0 Å². The Labute approximate surface area is 159 Å². The van der Waals surface area contributed by atoms with E-state index >= 15 is 0 Å². The first-order valence-corrected chi connectivity index (χ1v) is 8.83. The first-order valence-electron chi connectivity index (χ1n) is 7.63. The van der Waals surface area contributed by atoms with E-state index in [0.29, 0.717) is 21.8 Å². The second-order valence-corrected chi connectivity index (χ2v) is 6.46. The van der Waals surface area contributed by atoms with E-state index in [0.717, 1.165) is 23.0 Å². The lowest BCUT2D eigenvalue weighted by Gasteiger charge is -2.10. The van der Waals surface area contributed by atoms with Crippen LogP contribution in [0, 0.1) is 5.82 Å². The molecule has 2 N–H and O–H groups in total. The second-order valence-electron chi connectivity index (χ2n) is 5.21. The summed E-state index contributed by atoms with van der Waals surface area (Å²) in [4.78, 5) is 20.9. The van der Waals surface area contributed by atoms with Gasteiger partial charge in [-0.25, -0.2) is 9.18 Å². The van der Waals surface area contributed by atoms with E-state index in [1.54, 1.807) is 36.7 Å². The third kappa shape index (κ3) is 4.71. The van der Waals surface area contributed by atoms with Gasteiger partial charge in [0.05, 0.1) is 23.5 Å². The molecule has 0 aliphatic carbocycles. The number of urea groups is 1. The van der Waals surface area contributed by atoms with E-state index in [1.165, 1.54) is 6.07 Å². The summed E-state index contributed by atoms with van der Waals surface area (Å²) in [6.45, 7) is 0.182. The van der Waals surface area contributed by atoms with E-state index in [4.69, 9.17) is 11.6 Å². The molecule has 132 valence electrons. The van der Waals surface area contributed by atoms with Crippen LogP contribution in [0.25, 0.3) is 11.1 Å². The summed E-state index contributed by atoms with van der Waals surface area (Å²) in [5, 5.41) is 3.28. The van der Waals surface area contributed by atoms with Crippen molar-refractivity contribution >= 4 is 29.6 Å². The molecule has 0 aliphatic heterocycles. The molecular formula is C18H14ClFN4OS. The van der Waals surface area contributed by atoms with Gasteiger partial charge in [-0.2, -0.15) is 0 Å². The van der Waals surface area contributed by atoms with E-state index in [-0.39, 0.29) is 12.6 Å². The molecule has 0 saturated carbocycles. The number of nitrogens with zero attached hydrogens (tertiary/aromatic N) is 2. The van der Waals surface area contributed by atoms with Gasteiger partial charge in [-0.15, -0.1) is 0 Å². The maximum absolute atomic E-state index is 13.4. The number of hydrogen-bond donors (Lipinski definition) is 2. The zero-order chi connectivity index (χ0) is 18.4. The van der Waals surface area contributed by atoms with Gasteiger partial charge in [-0.1, -0.05) is 29.8 Å². The number of halogens is 2. The molecule has 8 heteroatoms. The molecule has 2 aromatic heterocycles. The van der Waals surface area contributed by atoms with Crippen LogP contribution in [0.5, 0.6) is 0 Å². The summed E-state index contributed by atoms with van der Waals surface area (Å²) < 4.78 is 16.1. The van der Waals surface area contributed by atoms with Crippen LogP contribution in [0.3, 0.4) is 0 Å². The minimum absolute atomic E-state index is 0.182. The van der Waals surface area contributed by atoms with Crippen LogP contribution in [-0.4, -0.2) is 16.0 Å². The average Bonchev–Trinajstić information content (AvgIpc) is 2.66. The fraction of sp³-hybridized carbons (Fsp3) is 0.0556. The number of rotatable bonds is 5. The highest BCUT2D eigenvalue weighted by Gasteiger charge is 2.10. The summed E-state index contributed by atoms with van der Waals surface area (Å²) in [7, 11) is 0. The van der Waals surface area contributed by atoms with Gasteiger partial charge in [0.25, 0.3) is 0 Å². The van der Waals surface area contributed by atoms with E-state index in [1.807, 2.05) is 12.1 Å². The lowest BCUT2D eigenvalue weighted by atomic mass is 10.1. The van der Waals surface area contributed by atoms with Gasteiger partial charge in [-0.3, -0.25) is 14.7 Å². The molecule has 0 saturated heterocycles. The van der Waals surface area contributed by atoms with Gasteiger partial charge in [0.15, 0.2) is 0 Å². The molecule has 0 spiro atoms. The Balaban J connectivity index is 1.63. The number of hydrogen-bond acceptors (Lipinski definition) is 4. The summed E-state index contributed by atoms with van der Waals surface area (Å²) in [5.41, 5.74) is 1.91. The van der Waals surface area contributed by atoms with Crippen molar-refractivity contribution in [1.29, 1.82) is 0 Å². The molecule has 2 heterocycles. The van der Waals surface area contributed by atoms with E-state index in [2.05, 4.69) is 20.0 Å². The van der Waals surface area contributed by atoms with Crippen molar-refractivity contribution in [3.05, 3.63) is 77.6 Å². The molecule has 0 radical (unpaired) electrons. The molecule has 3 rings (SSSR count). The smallest absolute Gasteiger partial charge is 0.325 e. The molecule has 3 aromatic rings. The van der Waals surface area contributed by atoms with Crippen molar-refractivity contribution in [3.63, 3.8) is 0 Å². The third-order valence-corrected chi connectivity index (χ3v) is 4.72. The zero-order valence-electron chi connectivity index (χ0n) is 13.4. The Bertz CT molecular complexity index is 925. The van der Waals surface area contributed by atoms with Crippen molar-refractivity contribution in [2.45, 2.75) is 11.4 Å². The monoisotopic (exact) mass is 388 g/mol. The highest BCUT2D eigenvalue weighted by atomic mass is 35.5. The van der Waals surface area contributed by atoms with Crippen LogP contribution in [0.1, 0.15) is 5.69 Å². The summed E-state index contributed by atoms with van der Waals surface area (Å²) in [6.07, 6.45) is 4.30. The Hall–Kier alpha value is -2.64. The molecule has 0 bridgehead atoms. The summed E-state index contributed by atoms with van der Waals surface area (Å²) in [5.74, 6) is -0.431. The molecule has 0 aliphatic rings. The predicted octanol–water partition coefficient (Wildman–Crippen LogP) is 4.44. The lowest BCUT2D eigenvalue weighted by molar-refractivity contribution is 0.246. The van der Waals surface area contributed by atoms with Gasteiger partial charge in [0.2, 0.25) is 0 Å². The Morgan fingerprint density at radius 2 is 2.04 bits per heavy atom. The van der Waals surface area contributed by atoms with Crippen LogP contribution in [0.2, 0.25) is 5.02 Å². The molecule has 2 amide bonds. The first-order chi connectivity index (χ1) is 12.6. The molecule has 1 aromatic carbocycles. The molecule has 0 fully saturated rings. The van der Waals surface area contributed by atoms with Gasteiger partial charge < -0.3 is 5.32 Å². The Kier molecular flexibility index (Phi) is 6.04. The van der Waals surface area contributed by atoms with Gasteiger partial charge in [0, 0.05) is 28.4 Å². The number of nitrogens with one attached hydrogen (secondary N) is 2. The number of amides is 2. The average molecular weight is 389 g/mol. The fourth-order valence-electron chi connectivity index (χ4n) is 2.23. The third-order valence-electron chi connectivity index (χ3n) is 3.41. The van der Waals surface area contributed by atoms with Crippen LogP contribution in [0.4, 0.5) is 9.18 Å². The zero-order valence-corrected chi connectivity index (χ0v) is 15.0. The molecular weight excluding hydrogens is 375 g/mol. The number of benzene rings is 1. The number of pyridine rings is 2. The predicted molar refractivity (Wildman–Crippen MR) is 100 cm³/mol. The number of carbonyl (C=O) groups is 1. The van der Waals surface area contributed by atoms with Crippen LogP contribution < -0.4 is 10.0 Å². The van der Waals surface area contributed by atoms with Gasteiger partial charge in [-0.05, 0) is 36.2 Å². The van der Waals surface area contributed by atoms with E-state index in [9.17, 15) is 9.18 Å². The molecule has 26 heavy (non-hydrogen) atoms. The van der Waals surface area contributed by atoms with Crippen LogP contribution >= 0.6 is 23.5 Å². The summed E-state index contributed by atoms with van der Waals surface area (Å²) >= 11 is 7.16. The van der Waals surface area contributed by atoms with E-state index < -0.39 is 5.82 Å². The van der Waals surface area contributed by atoms with Crippen molar-refractivity contribution in [2.24, 2.45) is 0 Å². The topological polar surface area (TPSA) is 66.9 Å². The Morgan fingerprint density at radius 3 is 2.85 bits per heavy atom. The first kappa shape index (κ1) is 18.2. The van der Waals surface area contributed by atoms with Gasteiger partial charge in [0.1, 0.15) is 5.82 Å². The molecule has 5 nitrogen and oxygen atoms in total. The molecule has 0 atom stereocenters. The number of carbonyl (C=O) groups excluding carboxylic acids is 1. The van der Waals surface area contributed by atoms with Crippen molar-refractivity contribution in [3.8, 4) is 11.1 Å². The van der Waals surface area contributed by atoms with Gasteiger partial charge >= 0.3 is 6.03 Å². The second kappa shape index (κ2) is 8.64.